The van der Waals surface area contributed by atoms with E-state index in [0.29, 0.717) is 39.3 Å². The van der Waals surface area contributed by atoms with E-state index in [2.05, 4.69) is 15.2 Å². The molecule has 1 fully saturated rings. The van der Waals surface area contributed by atoms with Gasteiger partial charge in [0.1, 0.15) is 0 Å². The number of hydrogen-bond acceptors (Lipinski definition) is 5. The molecule has 0 unspecified atom stereocenters. The van der Waals surface area contributed by atoms with Crippen LogP contribution in [0.25, 0.3) is 0 Å². The minimum absolute atomic E-state index is 0. The summed E-state index contributed by atoms with van der Waals surface area (Å²) in [6.45, 7) is 10.2. The van der Waals surface area contributed by atoms with E-state index in [1.807, 2.05) is 20.8 Å². The summed E-state index contributed by atoms with van der Waals surface area (Å²) in [6, 6.07) is 0. The lowest BCUT2D eigenvalue weighted by Crippen LogP contribution is -2.54. The van der Waals surface area contributed by atoms with Crippen molar-refractivity contribution in [1.82, 2.24) is 14.5 Å². The van der Waals surface area contributed by atoms with Crippen molar-refractivity contribution in [3.63, 3.8) is 0 Å². The second-order valence-electron chi connectivity index (χ2n) is 5.85. The van der Waals surface area contributed by atoms with Crippen LogP contribution < -0.4 is 5.32 Å². The SMILES string of the molecule is CCNC(=NCCOC)N1CCN(S(=O)(=O)CCOC(C)C)CC1.I. The normalized spacial score (nSPS) is 16.8. The first kappa shape index (κ1) is 24.8. The lowest BCUT2D eigenvalue weighted by atomic mass is 10.4. The van der Waals surface area contributed by atoms with Gasteiger partial charge in [0, 0.05) is 39.8 Å². The van der Waals surface area contributed by atoms with E-state index in [9.17, 15) is 8.42 Å². The molecule has 1 aliphatic rings. The molecule has 0 saturated carbocycles. The Morgan fingerprint density at radius 1 is 1.20 bits per heavy atom. The molecule has 0 radical (unpaired) electrons. The van der Waals surface area contributed by atoms with Crippen LogP contribution in [0.2, 0.25) is 0 Å². The van der Waals surface area contributed by atoms with Gasteiger partial charge in [0.2, 0.25) is 10.0 Å². The molecule has 8 nitrogen and oxygen atoms in total. The Kier molecular flexibility index (Phi) is 13.0. The highest BCUT2D eigenvalue weighted by Crippen LogP contribution is 2.09. The standard InChI is InChI=1S/C15H32N4O4S.HI/c1-5-16-15(17-6-11-22-4)18-7-9-19(10-8-18)24(20,21)13-12-23-14(2)3;/h14H,5-13H2,1-4H3,(H,16,17);1H. The van der Waals surface area contributed by atoms with Gasteiger partial charge in [0.15, 0.2) is 5.96 Å². The summed E-state index contributed by atoms with van der Waals surface area (Å²) in [4.78, 5) is 6.59. The van der Waals surface area contributed by atoms with Crippen molar-refractivity contribution in [2.24, 2.45) is 4.99 Å². The van der Waals surface area contributed by atoms with Gasteiger partial charge in [-0.05, 0) is 20.8 Å². The maximum atomic E-state index is 12.3. The van der Waals surface area contributed by atoms with Crippen molar-refractivity contribution >= 4 is 40.0 Å². The molecule has 0 amide bonds. The Balaban J connectivity index is 0.00000576. The maximum Gasteiger partial charge on any atom is 0.216 e. The molecule has 1 N–H and O–H groups in total. The molecule has 150 valence electrons. The van der Waals surface area contributed by atoms with Crippen molar-refractivity contribution in [1.29, 1.82) is 0 Å². The fourth-order valence-corrected chi connectivity index (χ4v) is 3.65. The molecule has 0 aromatic heterocycles. The van der Waals surface area contributed by atoms with Crippen LogP contribution in [-0.4, -0.2) is 95.0 Å². The maximum absolute atomic E-state index is 12.3. The first-order chi connectivity index (χ1) is 11.4. The monoisotopic (exact) mass is 492 g/mol. The van der Waals surface area contributed by atoms with Gasteiger partial charge in [-0.3, -0.25) is 4.99 Å². The number of nitrogens with one attached hydrogen (secondary N) is 1. The minimum atomic E-state index is -3.26. The summed E-state index contributed by atoms with van der Waals surface area (Å²) in [5, 5.41) is 3.24. The number of hydrogen-bond donors (Lipinski definition) is 1. The first-order valence-corrected chi connectivity index (χ1v) is 10.1. The van der Waals surface area contributed by atoms with E-state index >= 15 is 0 Å². The van der Waals surface area contributed by atoms with Gasteiger partial charge in [0.05, 0.1) is 31.6 Å². The number of methoxy groups -OCH3 is 1. The average molecular weight is 492 g/mol. The summed E-state index contributed by atoms with van der Waals surface area (Å²) in [5.41, 5.74) is 0. The topological polar surface area (TPSA) is 83.5 Å². The lowest BCUT2D eigenvalue weighted by Gasteiger charge is -2.35. The van der Waals surface area contributed by atoms with Gasteiger partial charge in [-0.15, -0.1) is 24.0 Å². The van der Waals surface area contributed by atoms with Crippen LogP contribution in [0.3, 0.4) is 0 Å². The van der Waals surface area contributed by atoms with E-state index < -0.39 is 10.0 Å². The molecule has 1 aliphatic heterocycles. The van der Waals surface area contributed by atoms with Crippen molar-refractivity contribution in [3.8, 4) is 0 Å². The fourth-order valence-electron chi connectivity index (χ4n) is 2.36. The summed E-state index contributed by atoms with van der Waals surface area (Å²) >= 11 is 0. The molecule has 1 saturated heterocycles. The molecular formula is C15H33IN4O4S. The Morgan fingerprint density at radius 3 is 2.36 bits per heavy atom. The number of guanidine groups is 1. The zero-order valence-corrected chi connectivity index (χ0v) is 18.9. The van der Waals surface area contributed by atoms with Crippen molar-refractivity contribution in [2.45, 2.75) is 26.9 Å². The zero-order valence-electron chi connectivity index (χ0n) is 15.7. The summed E-state index contributed by atoms with van der Waals surface area (Å²) in [7, 11) is -1.61. The van der Waals surface area contributed by atoms with Gasteiger partial charge in [-0.1, -0.05) is 0 Å². The van der Waals surface area contributed by atoms with Gasteiger partial charge < -0.3 is 19.7 Å². The fraction of sp³-hybridized carbons (Fsp3) is 0.933. The molecule has 25 heavy (non-hydrogen) atoms. The number of sulfonamides is 1. The molecule has 10 heteroatoms. The van der Waals surface area contributed by atoms with E-state index in [-0.39, 0.29) is 42.4 Å². The largest absolute Gasteiger partial charge is 0.383 e. The number of nitrogens with zero attached hydrogens (tertiary/aromatic N) is 3. The van der Waals surface area contributed by atoms with Crippen LogP contribution in [0.1, 0.15) is 20.8 Å². The van der Waals surface area contributed by atoms with Crippen LogP contribution in [-0.2, 0) is 19.5 Å². The number of aliphatic imine (C=N–C) groups is 1. The molecular weight excluding hydrogens is 459 g/mol. The van der Waals surface area contributed by atoms with E-state index in [4.69, 9.17) is 9.47 Å². The van der Waals surface area contributed by atoms with Gasteiger partial charge in [0.25, 0.3) is 0 Å². The van der Waals surface area contributed by atoms with Crippen LogP contribution in [0.15, 0.2) is 4.99 Å². The van der Waals surface area contributed by atoms with E-state index in [1.165, 1.54) is 0 Å². The smallest absolute Gasteiger partial charge is 0.216 e. The number of rotatable bonds is 9. The third-order valence-corrected chi connectivity index (χ3v) is 5.45. The minimum Gasteiger partial charge on any atom is -0.383 e. The number of halogens is 1. The van der Waals surface area contributed by atoms with Crippen molar-refractivity contribution in [3.05, 3.63) is 0 Å². The Morgan fingerprint density at radius 2 is 1.84 bits per heavy atom. The third kappa shape index (κ3) is 9.36. The Bertz CT molecular complexity index is 480. The summed E-state index contributed by atoms with van der Waals surface area (Å²) in [5.74, 6) is 0.849. The quantitative estimate of drug-likeness (QED) is 0.220. The lowest BCUT2D eigenvalue weighted by molar-refractivity contribution is 0.0904. The average Bonchev–Trinajstić information content (AvgIpc) is 2.54. The van der Waals surface area contributed by atoms with Crippen LogP contribution in [0.4, 0.5) is 0 Å². The highest BCUT2D eigenvalue weighted by Gasteiger charge is 2.27. The molecule has 0 aliphatic carbocycles. The Hall–Kier alpha value is -0.170. The Labute approximate surface area is 169 Å². The first-order valence-electron chi connectivity index (χ1n) is 8.52. The highest BCUT2D eigenvalue weighted by molar-refractivity contribution is 14.0. The van der Waals surface area contributed by atoms with Crippen molar-refractivity contribution < 1.29 is 17.9 Å². The molecule has 1 heterocycles. The molecule has 0 aromatic rings. The summed E-state index contributed by atoms with van der Waals surface area (Å²) < 4.78 is 36.6. The van der Waals surface area contributed by atoms with Crippen LogP contribution >= 0.6 is 24.0 Å². The molecule has 1 rings (SSSR count). The number of ether oxygens (including phenoxy) is 2. The highest BCUT2D eigenvalue weighted by atomic mass is 127. The van der Waals surface area contributed by atoms with Crippen LogP contribution in [0, 0.1) is 0 Å². The number of piperazine rings is 1. The second-order valence-corrected chi connectivity index (χ2v) is 7.94. The molecule has 0 bridgehead atoms. The van der Waals surface area contributed by atoms with Gasteiger partial charge in [-0.2, -0.15) is 4.31 Å². The third-order valence-electron chi connectivity index (χ3n) is 3.62. The van der Waals surface area contributed by atoms with Crippen molar-refractivity contribution in [2.75, 3.05) is 65.3 Å². The van der Waals surface area contributed by atoms with E-state index in [0.717, 1.165) is 12.5 Å². The predicted octanol–water partition coefficient (Wildman–Crippen LogP) is 0.589. The van der Waals surface area contributed by atoms with Crippen LogP contribution in [0.5, 0.6) is 0 Å². The molecule has 0 aromatic carbocycles. The van der Waals surface area contributed by atoms with Gasteiger partial charge >= 0.3 is 0 Å². The van der Waals surface area contributed by atoms with Gasteiger partial charge in [-0.25, -0.2) is 8.42 Å². The predicted molar refractivity (Wildman–Crippen MR) is 111 cm³/mol. The summed E-state index contributed by atoms with van der Waals surface area (Å²) in [6.07, 6.45) is 0.0445. The zero-order chi connectivity index (χ0) is 18.0. The second kappa shape index (κ2) is 13.1. The molecule has 0 spiro atoms. The molecule has 0 atom stereocenters. The van der Waals surface area contributed by atoms with E-state index in [1.54, 1.807) is 11.4 Å².